The van der Waals surface area contributed by atoms with E-state index in [9.17, 15) is 0 Å². The number of nitrogens with one attached hydrogen (secondary N) is 1. The second-order valence-corrected chi connectivity index (χ2v) is 9.60. The highest BCUT2D eigenvalue weighted by Crippen LogP contribution is 2.50. The Morgan fingerprint density at radius 1 is 1.19 bits per heavy atom. The number of fused-ring (bicyclic) bond motifs is 4. The van der Waals surface area contributed by atoms with Gasteiger partial charge in [0.1, 0.15) is 11.4 Å². The third-order valence-electron chi connectivity index (χ3n) is 7.54. The number of hydrogen-bond acceptors (Lipinski definition) is 5. The molecule has 8 heteroatoms. The molecule has 2 atom stereocenters. The molecule has 4 aromatic rings. The van der Waals surface area contributed by atoms with Gasteiger partial charge in [-0.2, -0.15) is 5.10 Å². The van der Waals surface area contributed by atoms with Crippen LogP contribution < -0.4 is 0 Å². The SMILES string of the molecule is CC1C2CCC(CC2)C1Cc1nc(-c2[nH]nc3ncc(Cl)cc23)nc(-c2ccco2)c1F. The molecular weight excluding hydrogens is 429 g/mol. The predicted octanol–water partition coefficient (Wildman–Crippen LogP) is 6.08. The van der Waals surface area contributed by atoms with Gasteiger partial charge in [0.2, 0.25) is 0 Å². The van der Waals surface area contributed by atoms with Crippen molar-refractivity contribution < 1.29 is 8.81 Å². The molecule has 7 rings (SSSR count). The predicted molar refractivity (Wildman–Crippen MR) is 119 cm³/mol. The summed E-state index contributed by atoms with van der Waals surface area (Å²) in [6.07, 6.45) is 8.73. The molecule has 4 heterocycles. The van der Waals surface area contributed by atoms with Crippen LogP contribution in [0.15, 0.2) is 35.1 Å². The quantitative estimate of drug-likeness (QED) is 0.406. The Kier molecular flexibility index (Phi) is 4.75. The minimum absolute atomic E-state index is 0.168. The molecule has 0 saturated heterocycles. The maximum Gasteiger partial charge on any atom is 0.181 e. The standard InChI is InChI=1S/C24H23ClFN5O/c1-12-13-4-6-14(7-5-13)16(12)10-18-20(26)22(19-3-2-8-32-19)29-24(28-18)21-17-9-15(25)11-27-23(17)31-30-21/h2-3,8-9,11-14,16H,4-7,10H2,1H3,(H,27,30,31). The molecule has 32 heavy (non-hydrogen) atoms. The van der Waals surface area contributed by atoms with E-state index in [1.54, 1.807) is 24.4 Å². The van der Waals surface area contributed by atoms with E-state index in [-0.39, 0.29) is 5.69 Å². The number of rotatable bonds is 4. The fourth-order valence-corrected chi connectivity index (χ4v) is 5.97. The molecule has 0 amide bonds. The Hall–Kier alpha value is -2.80. The van der Waals surface area contributed by atoms with Gasteiger partial charge in [-0.05, 0) is 74.0 Å². The number of hydrogen-bond donors (Lipinski definition) is 1. The molecular formula is C24H23ClFN5O. The molecule has 2 unspecified atom stereocenters. The minimum atomic E-state index is -0.405. The van der Waals surface area contributed by atoms with E-state index < -0.39 is 5.82 Å². The van der Waals surface area contributed by atoms with Gasteiger partial charge in [-0.3, -0.25) is 5.10 Å². The third-order valence-corrected chi connectivity index (χ3v) is 7.75. The molecule has 1 N–H and O–H groups in total. The largest absolute Gasteiger partial charge is 0.463 e. The number of H-pyrrole nitrogens is 1. The van der Waals surface area contributed by atoms with Gasteiger partial charge in [-0.1, -0.05) is 18.5 Å². The summed E-state index contributed by atoms with van der Waals surface area (Å²) < 4.78 is 21.2. The highest BCUT2D eigenvalue weighted by atomic mass is 35.5. The van der Waals surface area contributed by atoms with E-state index in [2.05, 4.69) is 27.1 Å². The van der Waals surface area contributed by atoms with Crippen molar-refractivity contribution in [3.05, 3.63) is 47.2 Å². The average Bonchev–Trinajstić information content (AvgIpc) is 3.48. The summed E-state index contributed by atoms with van der Waals surface area (Å²) >= 11 is 6.17. The van der Waals surface area contributed by atoms with Crippen molar-refractivity contribution >= 4 is 22.6 Å². The van der Waals surface area contributed by atoms with Gasteiger partial charge in [0.05, 0.1) is 22.4 Å². The summed E-state index contributed by atoms with van der Waals surface area (Å²) in [6.45, 7) is 2.32. The van der Waals surface area contributed by atoms with Crippen LogP contribution in [-0.4, -0.2) is 25.1 Å². The van der Waals surface area contributed by atoms with Crippen LogP contribution in [0.5, 0.6) is 0 Å². The van der Waals surface area contributed by atoms with Crippen LogP contribution >= 0.6 is 11.6 Å². The van der Waals surface area contributed by atoms with E-state index in [4.69, 9.17) is 21.0 Å². The first-order chi connectivity index (χ1) is 15.6. The molecule has 164 valence electrons. The van der Waals surface area contributed by atoms with Crippen LogP contribution in [0.25, 0.3) is 34.0 Å². The van der Waals surface area contributed by atoms with Crippen LogP contribution in [0, 0.1) is 29.5 Å². The maximum atomic E-state index is 15.7. The molecule has 0 radical (unpaired) electrons. The normalized spacial score (nSPS) is 25.0. The number of halogens is 2. The van der Waals surface area contributed by atoms with Gasteiger partial charge < -0.3 is 4.42 Å². The zero-order chi connectivity index (χ0) is 21.8. The molecule has 6 nitrogen and oxygen atoms in total. The lowest BCUT2D eigenvalue weighted by Crippen LogP contribution is -2.39. The first-order valence-corrected chi connectivity index (χ1v) is 11.6. The average molecular weight is 452 g/mol. The molecule has 3 aliphatic rings. The van der Waals surface area contributed by atoms with Gasteiger partial charge >= 0.3 is 0 Å². The van der Waals surface area contributed by atoms with E-state index in [0.29, 0.717) is 63.2 Å². The van der Waals surface area contributed by atoms with Gasteiger partial charge in [0.15, 0.2) is 23.0 Å². The maximum absolute atomic E-state index is 15.7. The lowest BCUT2D eigenvalue weighted by molar-refractivity contribution is 0.0334. The Bertz CT molecular complexity index is 1280. The van der Waals surface area contributed by atoms with Crippen molar-refractivity contribution in [1.29, 1.82) is 0 Å². The molecule has 0 spiro atoms. The van der Waals surface area contributed by atoms with Crippen molar-refractivity contribution in [3.8, 4) is 23.0 Å². The van der Waals surface area contributed by atoms with Crippen LogP contribution in [0.1, 0.15) is 38.3 Å². The molecule has 3 aliphatic carbocycles. The van der Waals surface area contributed by atoms with Crippen molar-refractivity contribution in [2.24, 2.45) is 23.7 Å². The monoisotopic (exact) mass is 451 g/mol. The van der Waals surface area contributed by atoms with Crippen LogP contribution in [0.3, 0.4) is 0 Å². The summed E-state index contributed by atoms with van der Waals surface area (Å²) in [6, 6.07) is 5.21. The molecule has 3 saturated carbocycles. The summed E-state index contributed by atoms with van der Waals surface area (Å²) in [4.78, 5) is 13.5. The molecule has 4 aromatic heterocycles. The third kappa shape index (κ3) is 3.22. The van der Waals surface area contributed by atoms with Crippen molar-refractivity contribution in [2.75, 3.05) is 0 Å². The second kappa shape index (κ2) is 7.66. The lowest BCUT2D eigenvalue weighted by Gasteiger charge is -2.47. The van der Waals surface area contributed by atoms with Crippen molar-refractivity contribution in [2.45, 2.75) is 39.0 Å². The van der Waals surface area contributed by atoms with E-state index in [1.807, 2.05) is 0 Å². The Balaban J connectivity index is 1.48. The summed E-state index contributed by atoms with van der Waals surface area (Å²) in [7, 11) is 0. The lowest BCUT2D eigenvalue weighted by atomic mass is 9.58. The van der Waals surface area contributed by atoms with Gasteiger partial charge in [0.25, 0.3) is 0 Å². The smallest absolute Gasteiger partial charge is 0.181 e. The number of aromatic nitrogens is 5. The minimum Gasteiger partial charge on any atom is -0.463 e. The highest BCUT2D eigenvalue weighted by molar-refractivity contribution is 6.31. The highest BCUT2D eigenvalue weighted by Gasteiger charge is 2.41. The van der Waals surface area contributed by atoms with E-state index in [1.165, 1.54) is 31.9 Å². The molecule has 2 bridgehead atoms. The van der Waals surface area contributed by atoms with Crippen LogP contribution in [0.2, 0.25) is 5.02 Å². The van der Waals surface area contributed by atoms with Gasteiger partial charge in [-0.15, -0.1) is 0 Å². The van der Waals surface area contributed by atoms with Gasteiger partial charge in [0, 0.05) is 6.20 Å². The Morgan fingerprint density at radius 2 is 2.00 bits per heavy atom. The van der Waals surface area contributed by atoms with Crippen LogP contribution in [-0.2, 0) is 6.42 Å². The fraction of sp³-hybridized carbons (Fsp3) is 0.417. The summed E-state index contributed by atoms with van der Waals surface area (Å²) in [5.41, 5.74) is 1.68. The number of pyridine rings is 1. The second-order valence-electron chi connectivity index (χ2n) is 9.16. The summed E-state index contributed by atoms with van der Waals surface area (Å²) in [5, 5.41) is 8.40. The Morgan fingerprint density at radius 3 is 2.75 bits per heavy atom. The zero-order valence-electron chi connectivity index (χ0n) is 17.7. The first-order valence-electron chi connectivity index (χ1n) is 11.2. The van der Waals surface area contributed by atoms with E-state index >= 15 is 4.39 Å². The fourth-order valence-electron chi connectivity index (χ4n) is 5.82. The number of nitrogens with zero attached hydrogens (tertiary/aromatic N) is 4. The zero-order valence-corrected chi connectivity index (χ0v) is 18.4. The molecule has 0 aliphatic heterocycles. The first kappa shape index (κ1) is 19.9. The van der Waals surface area contributed by atoms with Crippen LogP contribution in [0.4, 0.5) is 4.39 Å². The number of aromatic amines is 1. The Labute approximate surface area is 189 Å². The number of furan rings is 1. The van der Waals surface area contributed by atoms with Crippen molar-refractivity contribution in [3.63, 3.8) is 0 Å². The molecule has 0 aromatic carbocycles. The molecule has 3 fully saturated rings. The van der Waals surface area contributed by atoms with Crippen molar-refractivity contribution in [1.82, 2.24) is 25.1 Å². The van der Waals surface area contributed by atoms with E-state index in [0.717, 1.165) is 5.92 Å². The summed E-state index contributed by atoms with van der Waals surface area (Å²) in [5.74, 6) is 2.72. The van der Waals surface area contributed by atoms with Gasteiger partial charge in [-0.25, -0.2) is 19.3 Å². The topological polar surface area (TPSA) is 80.5 Å².